The van der Waals surface area contributed by atoms with Gasteiger partial charge in [-0.1, -0.05) is 43.6 Å². The van der Waals surface area contributed by atoms with Crippen LogP contribution in [0.1, 0.15) is 51.4 Å². The minimum absolute atomic E-state index is 1.01. The normalized spacial score (nSPS) is 10.6. The average molecular weight is 192 g/mol. The van der Waals surface area contributed by atoms with Gasteiger partial charge in [-0.2, -0.15) is 0 Å². The van der Waals surface area contributed by atoms with Crippen molar-refractivity contribution in [1.82, 2.24) is 0 Å². The molecular weight excluding hydrogens is 168 g/mol. The van der Waals surface area contributed by atoms with Gasteiger partial charge in [0.25, 0.3) is 0 Å². The Morgan fingerprint density at radius 2 is 1.29 bits per heavy atom. The third-order valence-electron chi connectivity index (χ3n) is 2.25. The van der Waals surface area contributed by atoms with Crippen LogP contribution in [0.3, 0.4) is 0 Å². The molecule has 0 rings (SSSR count). The molecule has 0 amide bonds. The zero-order valence-corrected chi connectivity index (χ0v) is 9.38. The van der Waals surface area contributed by atoms with E-state index in [1.165, 1.54) is 44.9 Å². The largest absolute Gasteiger partial charge is 0.103 e. The summed E-state index contributed by atoms with van der Waals surface area (Å²) in [6.45, 7) is 7.40. The summed E-state index contributed by atoms with van der Waals surface area (Å²) in [6.07, 6.45) is 18.6. The maximum absolute atomic E-state index is 3.72. The molecule has 0 aliphatic heterocycles. The molecule has 0 bridgehead atoms. The van der Waals surface area contributed by atoms with Crippen LogP contribution in [0, 0.1) is 0 Å². The molecule has 80 valence electrons. The second-order valence-electron chi connectivity index (χ2n) is 3.63. The van der Waals surface area contributed by atoms with Gasteiger partial charge in [0.15, 0.2) is 0 Å². The molecule has 0 fully saturated rings. The molecule has 0 aromatic heterocycles. The van der Waals surface area contributed by atoms with Crippen molar-refractivity contribution in [2.45, 2.75) is 51.4 Å². The first-order valence-electron chi connectivity index (χ1n) is 5.78. The van der Waals surface area contributed by atoms with Gasteiger partial charge in [0, 0.05) is 0 Å². The van der Waals surface area contributed by atoms with E-state index < -0.39 is 0 Å². The van der Waals surface area contributed by atoms with Crippen LogP contribution in [-0.2, 0) is 0 Å². The maximum atomic E-state index is 3.72. The molecule has 0 aliphatic carbocycles. The summed E-state index contributed by atoms with van der Waals surface area (Å²) in [5.74, 6) is 0. The van der Waals surface area contributed by atoms with Crippen molar-refractivity contribution < 1.29 is 0 Å². The van der Waals surface area contributed by atoms with Gasteiger partial charge >= 0.3 is 0 Å². The zero-order chi connectivity index (χ0) is 10.5. The van der Waals surface area contributed by atoms with Gasteiger partial charge in [0.05, 0.1) is 0 Å². The quantitative estimate of drug-likeness (QED) is 0.336. The highest BCUT2D eigenvalue weighted by Gasteiger charge is 1.87. The van der Waals surface area contributed by atoms with E-state index >= 15 is 0 Å². The Labute approximate surface area is 89.4 Å². The lowest BCUT2D eigenvalue weighted by Gasteiger charge is -1.97. The molecule has 14 heavy (non-hydrogen) atoms. The number of allylic oxidation sites excluding steroid dienone is 4. The molecule has 0 heteroatoms. The summed E-state index contributed by atoms with van der Waals surface area (Å²) < 4.78 is 0. The molecule has 0 atom stereocenters. The fraction of sp³-hybridized carbons (Fsp3) is 0.571. The first kappa shape index (κ1) is 13.2. The smallest absolute Gasteiger partial charge is 0.0172 e. The maximum Gasteiger partial charge on any atom is -0.0172 e. The Hall–Kier alpha value is -0.780. The number of hydrogen-bond acceptors (Lipinski definition) is 0. The highest BCUT2D eigenvalue weighted by atomic mass is 13.9. The Morgan fingerprint density at radius 1 is 0.643 bits per heavy atom. The van der Waals surface area contributed by atoms with Crippen molar-refractivity contribution in [3.8, 4) is 0 Å². The minimum atomic E-state index is 1.01. The van der Waals surface area contributed by atoms with Crippen LogP contribution in [0.25, 0.3) is 0 Å². The number of unbranched alkanes of at least 4 members (excludes halogenated alkanes) is 6. The lowest BCUT2D eigenvalue weighted by atomic mass is 10.1. The summed E-state index contributed by atoms with van der Waals surface area (Å²) >= 11 is 0. The lowest BCUT2D eigenvalue weighted by Crippen LogP contribution is -1.77. The molecule has 0 unspecified atom stereocenters. The summed E-state index contributed by atoms with van der Waals surface area (Å²) in [5.41, 5.74) is 0. The van der Waals surface area contributed by atoms with Crippen LogP contribution in [0.5, 0.6) is 0 Å². The monoisotopic (exact) mass is 192 g/mol. The lowest BCUT2D eigenvalue weighted by molar-refractivity contribution is 0.622. The third-order valence-corrected chi connectivity index (χ3v) is 2.25. The predicted molar refractivity (Wildman–Crippen MR) is 66.5 cm³/mol. The standard InChI is InChI=1S/C14H24/c1-3-5-7-9-11-13-14-12-10-8-6-4-2/h3-4,7,9H,1-2,5-6,8,10-14H2. The van der Waals surface area contributed by atoms with Crippen molar-refractivity contribution in [2.75, 3.05) is 0 Å². The first-order valence-corrected chi connectivity index (χ1v) is 5.78. The number of rotatable bonds is 10. The Bertz CT molecular complexity index is 153. The highest BCUT2D eigenvalue weighted by molar-refractivity contribution is 4.87. The molecule has 0 aliphatic rings. The van der Waals surface area contributed by atoms with Crippen LogP contribution in [-0.4, -0.2) is 0 Å². The van der Waals surface area contributed by atoms with Crippen molar-refractivity contribution in [2.24, 2.45) is 0 Å². The number of hydrogen-bond donors (Lipinski definition) is 0. The first-order chi connectivity index (χ1) is 6.91. The molecule has 0 heterocycles. The molecule has 0 aromatic carbocycles. The van der Waals surface area contributed by atoms with Crippen molar-refractivity contribution >= 4 is 0 Å². The second kappa shape index (κ2) is 12.2. The van der Waals surface area contributed by atoms with E-state index in [2.05, 4.69) is 25.3 Å². The Morgan fingerprint density at radius 3 is 1.93 bits per heavy atom. The van der Waals surface area contributed by atoms with E-state index in [1.807, 2.05) is 12.2 Å². The van der Waals surface area contributed by atoms with Crippen molar-refractivity contribution in [1.29, 1.82) is 0 Å². The van der Waals surface area contributed by atoms with E-state index in [4.69, 9.17) is 0 Å². The highest BCUT2D eigenvalue weighted by Crippen LogP contribution is 2.07. The van der Waals surface area contributed by atoms with Crippen LogP contribution >= 0.6 is 0 Å². The van der Waals surface area contributed by atoms with Crippen molar-refractivity contribution in [3.63, 3.8) is 0 Å². The van der Waals surface area contributed by atoms with E-state index in [0.717, 1.165) is 6.42 Å². The summed E-state index contributed by atoms with van der Waals surface area (Å²) in [6, 6.07) is 0. The molecular formula is C14H24. The molecule has 0 radical (unpaired) electrons. The molecule has 0 nitrogen and oxygen atoms in total. The molecule has 0 aromatic rings. The van der Waals surface area contributed by atoms with E-state index in [-0.39, 0.29) is 0 Å². The van der Waals surface area contributed by atoms with Crippen LogP contribution in [0.2, 0.25) is 0 Å². The van der Waals surface area contributed by atoms with E-state index in [1.54, 1.807) is 0 Å². The topological polar surface area (TPSA) is 0 Å². The third kappa shape index (κ3) is 11.2. The van der Waals surface area contributed by atoms with Crippen molar-refractivity contribution in [3.05, 3.63) is 37.5 Å². The fourth-order valence-corrected chi connectivity index (χ4v) is 1.39. The summed E-state index contributed by atoms with van der Waals surface area (Å²) in [4.78, 5) is 0. The van der Waals surface area contributed by atoms with Crippen LogP contribution in [0.15, 0.2) is 37.5 Å². The van der Waals surface area contributed by atoms with E-state index in [0.29, 0.717) is 0 Å². The molecule has 0 N–H and O–H groups in total. The van der Waals surface area contributed by atoms with Gasteiger partial charge in [0.2, 0.25) is 0 Å². The Balaban J connectivity index is 2.98. The second-order valence-corrected chi connectivity index (χ2v) is 3.63. The average Bonchev–Trinajstić information content (AvgIpc) is 2.21. The summed E-state index contributed by atoms with van der Waals surface area (Å²) in [5, 5.41) is 0. The van der Waals surface area contributed by atoms with Gasteiger partial charge in [-0.3, -0.25) is 0 Å². The molecule has 0 saturated heterocycles. The van der Waals surface area contributed by atoms with Gasteiger partial charge in [-0.15, -0.1) is 13.2 Å². The predicted octanol–water partition coefficient (Wildman–Crippen LogP) is 5.04. The minimum Gasteiger partial charge on any atom is -0.103 e. The molecule has 0 saturated carbocycles. The summed E-state index contributed by atoms with van der Waals surface area (Å²) in [7, 11) is 0. The fourth-order valence-electron chi connectivity index (χ4n) is 1.39. The Kier molecular flexibility index (Phi) is 11.5. The van der Waals surface area contributed by atoms with Gasteiger partial charge < -0.3 is 0 Å². The van der Waals surface area contributed by atoms with E-state index in [9.17, 15) is 0 Å². The van der Waals surface area contributed by atoms with Crippen LogP contribution < -0.4 is 0 Å². The van der Waals surface area contributed by atoms with Gasteiger partial charge in [0.1, 0.15) is 0 Å². The SMILES string of the molecule is C=CCC=CCCCCCCCC=C. The van der Waals surface area contributed by atoms with Gasteiger partial charge in [-0.05, 0) is 32.1 Å². The van der Waals surface area contributed by atoms with Crippen LogP contribution in [0.4, 0.5) is 0 Å². The van der Waals surface area contributed by atoms with Gasteiger partial charge in [-0.25, -0.2) is 0 Å². The molecule has 0 spiro atoms. The zero-order valence-electron chi connectivity index (χ0n) is 9.38.